The number of carbonyl (C=O) groups excluding carboxylic acids is 2. The number of benzene rings is 1. The highest BCUT2D eigenvalue weighted by Gasteiger charge is 2.46. The maximum Gasteiger partial charge on any atom is 0.230 e. The summed E-state index contributed by atoms with van der Waals surface area (Å²) >= 11 is 0. The summed E-state index contributed by atoms with van der Waals surface area (Å²) < 4.78 is 17.9. The van der Waals surface area contributed by atoms with E-state index in [1.54, 1.807) is 12.4 Å². The molecule has 4 atom stereocenters. The molecule has 4 heterocycles. The number of aromatic nitrogens is 1. The average molecular weight is 482 g/mol. The molecule has 35 heavy (non-hydrogen) atoms. The van der Waals surface area contributed by atoms with Crippen molar-refractivity contribution in [3.63, 3.8) is 0 Å². The normalized spacial score (nSPS) is 26.3. The van der Waals surface area contributed by atoms with E-state index in [0.29, 0.717) is 31.9 Å². The molecular formula is C26H31N3O6. The topological polar surface area (TPSA) is 119 Å². The molecule has 9 heteroatoms. The Morgan fingerprint density at radius 3 is 2.89 bits per heavy atom. The van der Waals surface area contributed by atoms with Crippen LogP contribution in [0.5, 0.6) is 5.75 Å². The molecule has 0 aliphatic carbocycles. The second kappa shape index (κ2) is 10.7. The van der Waals surface area contributed by atoms with Crippen molar-refractivity contribution in [2.75, 3.05) is 25.1 Å². The van der Waals surface area contributed by atoms with E-state index in [9.17, 15) is 14.7 Å². The Bertz CT molecular complexity index is 1040. The molecule has 2 saturated heterocycles. The molecular weight excluding hydrogens is 450 g/mol. The van der Waals surface area contributed by atoms with Crippen LogP contribution < -0.4 is 15.4 Å². The zero-order valence-corrected chi connectivity index (χ0v) is 19.5. The zero-order chi connectivity index (χ0) is 24.2. The molecule has 2 bridgehead atoms. The number of aliphatic hydroxyl groups excluding tert-OH is 1. The van der Waals surface area contributed by atoms with Crippen LogP contribution in [-0.2, 0) is 25.6 Å². The number of amides is 2. The highest BCUT2D eigenvalue weighted by atomic mass is 16.5. The molecule has 5 rings (SSSR count). The first-order valence-electron chi connectivity index (χ1n) is 12.2. The van der Waals surface area contributed by atoms with Crippen LogP contribution in [0, 0.1) is 5.92 Å². The minimum atomic E-state index is -0.713. The Morgan fingerprint density at radius 2 is 2.11 bits per heavy atom. The molecule has 2 aromatic rings. The molecule has 0 radical (unpaired) electrons. The van der Waals surface area contributed by atoms with Gasteiger partial charge in [0.05, 0.1) is 44.4 Å². The number of carbonyl (C=O) groups is 2. The third-order valence-corrected chi connectivity index (χ3v) is 6.97. The summed E-state index contributed by atoms with van der Waals surface area (Å²) in [7, 11) is 0. The third-order valence-electron chi connectivity index (χ3n) is 6.97. The van der Waals surface area contributed by atoms with Gasteiger partial charge in [0, 0.05) is 48.9 Å². The molecule has 2 fully saturated rings. The molecule has 1 aromatic heterocycles. The number of nitrogens with zero attached hydrogens (tertiary/aromatic N) is 1. The van der Waals surface area contributed by atoms with Gasteiger partial charge in [0.1, 0.15) is 11.9 Å². The first-order chi connectivity index (χ1) is 17.1. The molecule has 3 aliphatic heterocycles. The van der Waals surface area contributed by atoms with Crippen molar-refractivity contribution >= 4 is 17.5 Å². The number of pyridine rings is 1. The van der Waals surface area contributed by atoms with Gasteiger partial charge in [-0.2, -0.15) is 0 Å². The van der Waals surface area contributed by atoms with E-state index in [1.807, 2.05) is 30.3 Å². The van der Waals surface area contributed by atoms with Gasteiger partial charge < -0.3 is 30.0 Å². The first kappa shape index (κ1) is 23.7. The summed E-state index contributed by atoms with van der Waals surface area (Å²) in [6.45, 7) is 1.40. The van der Waals surface area contributed by atoms with Crippen molar-refractivity contribution in [3.05, 3.63) is 53.9 Å². The molecule has 1 aromatic carbocycles. The number of nitrogens with one attached hydrogen (secondary N) is 2. The SMILES string of the molecule is O=C(C[C@@H]1C[C@H]2c3cc(ccc3OC3CCOCC3)NC(=O)[C@H]2[C@@H](CO)O1)NCc1cccnc1. The highest BCUT2D eigenvalue weighted by molar-refractivity contribution is 5.95. The molecule has 9 nitrogen and oxygen atoms in total. The summed E-state index contributed by atoms with van der Waals surface area (Å²) in [4.78, 5) is 29.9. The lowest BCUT2D eigenvalue weighted by atomic mass is 9.76. The largest absolute Gasteiger partial charge is 0.490 e. The highest BCUT2D eigenvalue weighted by Crippen LogP contribution is 2.46. The van der Waals surface area contributed by atoms with Crippen LogP contribution in [-0.4, -0.2) is 60.0 Å². The van der Waals surface area contributed by atoms with Crippen molar-refractivity contribution < 1.29 is 28.9 Å². The van der Waals surface area contributed by atoms with Gasteiger partial charge in [0.25, 0.3) is 0 Å². The van der Waals surface area contributed by atoms with Crippen molar-refractivity contribution in [2.24, 2.45) is 5.92 Å². The number of anilines is 1. The van der Waals surface area contributed by atoms with Gasteiger partial charge in [0.15, 0.2) is 0 Å². The predicted molar refractivity (Wildman–Crippen MR) is 127 cm³/mol. The van der Waals surface area contributed by atoms with E-state index in [2.05, 4.69) is 15.6 Å². The van der Waals surface area contributed by atoms with Gasteiger partial charge in [-0.15, -0.1) is 0 Å². The number of fused-ring (bicyclic) bond motifs is 4. The Labute approximate surface area is 204 Å². The molecule has 0 spiro atoms. The summed E-state index contributed by atoms with van der Waals surface area (Å²) in [5, 5.41) is 16.0. The molecule has 3 aliphatic rings. The van der Waals surface area contributed by atoms with Gasteiger partial charge in [-0.05, 0) is 36.2 Å². The number of ether oxygens (including phenoxy) is 3. The monoisotopic (exact) mass is 481 g/mol. The Kier molecular flexibility index (Phi) is 7.26. The summed E-state index contributed by atoms with van der Waals surface area (Å²) in [5.74, 6) is -0.419. The van der Waals surface area contributed by atoms with Crippen molar-refractivity contribution in [3.8, 4) is 5.75 Å². The average Bonchev–Trinajstić information content (AvgIpc) is 2.99. The number of hydrogen-bond acceptors (Lipinski definition) is 7. The Balaban J connectivity index is 1.33. The van der Waals surface area contributed by atoms with Gasteiger partial charge in [0.2, 0.25) is 11.8 Å². The van der Waals surface area contributed by atoms with Gasteiger partial charge in [-0.3, -0.25) is 14.6 Å². The van der Waals surface area contributed by atoms with Crippen LogP contribution in [0.2, 0.25) is 0 Å². The molecule has 0 unspecified atom stereocenters. The van der Waals surface area contributed by atoms with Crippen LogP contribution >= 0.6 is 0 Å². The maximum atomic E-state index is 13.1. The van der Waals surface area contributed by atoms with Crippen molar-refractivity contribution in [2.45, 2.75) is 56.5 Å². The molecule has 3 N–H and O–H groups in total. The standard InChI is InChI=1S/C26H31N3O6/c30-15-23-25-21(11-19(35-23)12-24(31)28-14-16-2-1-7-27-13-16)20-10-17(29-26(25)32)3-4-22(20)34-18-5-8-33-9-6-18/h1-4,7,10,13,18-19,21,23,25,30H,5-6,8-9,11-12,14-15H2,(H,28,31)(H,29,32)/t19-,21-,23+,25+/m0/s1. The third kappa shape index (κ3) is 5.47. The number of rotatable bonds is 7. The van der Waals surface area contributed by atoms with Crippen LogP contribution in [0.1, 0.15) is 42.7 Å². The first-order valence-corrected chi connectivity index (χ1v) is 12.2. The Morgan fingerprint density at radius 1 is 1.26 bits per heavy atom. The second-order valence-corrected chi connectivity index (χ2v) is 9.36. The van der Waals surface area contributed by atoms with Crippen LogP contribution in [0.3, 0.4) is 0 Å². The van der Waals surface area contributed by atoms with E-state index >= 15 is 0 Å². The lowest BCUT2D eigenvalue weighted by Crippen LogP contribution is -2.48. The molecule has 186 valence electrons. The van der Waals surface area contributed by atoms with Gasteiger partial charge in [-0.1, -0.05) is 6.07 Å². The molecule has 0 saturated carbocycles. The fourth-order valence-electron chi connectivity index (χ4n) is 5.24. The van der Waals surface area contributed by atoms with Crippen LogP contribution in [0.4, 0.5) is 5.69 Å². The van der Waals surface area contributed by atoms with Crippen LogP contribution in [0.25, 0.3) is 0 Å². The quantitative estimate of drug-likeness (QED) is 0.554. The smallest absolute Gasteiger partial charge is 0.230 e. The second-order valence-electron chi connectivity index (χ2n) is 9.36. The molecule has 2 amide bonds. The van der Waals surface area contributed by atoms with E-state index in [-0.39, 0.29) is 36.9 Å². The number of hydrogen-bond donors (Lipinski definition) is 3. The van der Waals surface area contributed by atoms with E-state index < -0.39 is 18.1 Å². The van der Waals surface area contributed by atoms with E-state index in [0.717, 1.165) is 29.7 Å². The van der Waals surface area contributed by atoms with Gasteiger partial charge in [-0.25, -0.2) is 0 Å². The summed E-state index contributed by atoms with van der Waals surface area (Å²) in [6.07, 6.45) is 4.54. The maximum absolute atomic E-state index is 13.1. The fraction of sp³-hybridized carbons (Fsp3) is 0.500. The lowest BCUT2D eigenvalue weighted by molar-refractivity contribution is -0.148. The minimum Gasteiger partial charge on any atom is -0.490 e. The zero-order valence-electron chi connectivity index (χ0n) is 19.5. The minimum absolute atomic E-state index is 0.0544. The van der Waals surface area contributed by atoms with Crippen LogP contribution in [0.15, 0.2) is 42.7 Å². The lowest BCUT2D eigenvalue weighted by Gasteiger charge is -2.40. The Hall–Kier alpha value is -3.01. The summed E-state index contributed by atoms with van der Waals surface area (Å²) in [5.41, 5.74) is 2.52. The van der Waals surface area contributed by atoms with Gasteiger partial charge >= 0.3 is 0 Å². The van der Waals surface area contributed by atoms with E-state index in [1.165, 1.54) is 0 Å². The summed E-state index contributed by atoms with van der Waals surface area (Å²) in [6, 6.07) is 9.42. The predicted octanol–water partition coefficient (Wildman–Crippen LogP) is 2.15. The van der Waals surface area contributed by atoms with Crippen molar-refractivity contribution in [1.82, 2.24) is 10.3 Å². The number of aliphatic hydroxyl groups is 1. The fourth-order valence-corrected chi connectivity index (χ4v) is 5.24. The van der Waals surface area contributed by atoms with Crippen molar-refractivity contribution in [1.29, 1.82) is 0 Å². The van der Waals surface area contributed by atoms with E-state index in [4.69, 9.17) is 14.2 Å².